The van der Waals surface area contributed by atoms with Crippen LogP contribution in [0.3, 0.4) is 0 Å². The summed E-state index contributed by atoms with van der Waals surface area (Å²) in [7, 11) is -3.81. The van der Waals surface area contributed by atoms with Gasteiger partial charge in [0.1, 0.15) is 6.04 Å². The van der Waals surface area contributed by atoms with E-state index in [1.165, 1.54) is 12.1 Å². The number of morpholine rings is 1. The largest absolute Gasteiger partial charge is 0.399 e. The number of ether oxygens (including phenoxy) is 1. The third kappa shape index (κ3) is 2.62. The van der Waals surface area contributed by atoms with Crippen molar-refractivity contribution in [1.82, 2.24) is 4.31 Å². The van der Waals surface area contributed by atoms with Crippen LogP contribution in [0, 0.1) is 6.92 Å². The second kappa shape index (κ2) is 5.39. The maximum Gasteiger partial charge on any atom is 0.244 e. The van der Waals surface area contributed by atoms with Crippen molar-refractivity contribution in [2.24, 2.45) is 5.73 Å². The van der Waals surface area contributed by atoms with Crippen LogP contribution in [-0.2, 0) is 19.6 Å². The van der Waals surface area contributed by atoms with Gasteiger partial charge in [0.2, 0.25) is 15.9 Å². The van der Waals surface area contributed by atoms with Crippen molar-refractivity contribution in [3.63, 3.8) is 0 Å². The molecule has 1 saturated heterocycles. The van der Waals surface area contributed by atoms with Crippen LogP contribution in [0.25, 0.3) is 0 Å². The van der Waals surface area contributed by atoms with Gasteiger partial charge in [-0.1, -0.05) is 0 Å². The quantitative estimate of drug-likeness (QED) is 0.727. The number of anilines is 1. The predicted octanol–water partition coefficient (Wildman–Crippen LogP) is -0.548. The van der Waals surface area contributed by atoms with Gasteiger partial charge >= 0.3 is 0 Å². The highest BCUT2D eigenvalue weighted by Gasteiger charge is 2.37. The van der Waals surface area contributed by atoms with E-state index in [1.54, 1.807) is 13.0 Å². The number of hydrogen-bond donors (Lipinski definition) is 2. The van der Waals surface area contributed by atoms with E-state index < -0.39 is 22.0 Å². The van der Waals surface area contributed by atoms with E-state index >= 15 is 0 Å². The second-order valence-corrected chi connectivity index (χ2v) is 6.49. The van der Waals surface area contributed by atoms with Crippen LogP contribution in [0.2, 0.25) is 0 Å². The summed E-state index contributed by atoms with van der Waals surface area (Å²) in [5, 5.41) is 0. The number of nitrogens with two attached hydrogens (primary N) is 2. The number of hydrogen-bond acceptors (Lipinski definition) is 5. The van der Waals surface area contributed by atoms with E-state index in [0.717, 1.165) is 4.31 Å². The lowest BCUT2D eigenvalue weighted by Crippen LogP contribution is -2.54. The Morgan fingerprint density at radius 1 is 1.45 bits per heavy atom. The van der Waals surface area contributed by atoms with Crippen molar-refractivity contribution >= 4 is 21.6 Å². The zero-order valence-electron chi connectivity index (χ0n) is 11.1. The third-order valence-electron chi connectivity index (χ3n) is 3.19. The van der Waals surface area contributed by atoms with Gasteiger partial charge in [-0.05, 0) is 30.7 Å². The molecule has 1 aromatic carbocycles. The molecule has 8 heteroatoms. The van der Waals surface area contributed by atoms with E-state index in [4.69, 9.17) is 16.2 Å². The summed E-state index contributed by atoms with van der Waals surface area (Å²) in [6.45, 7) is 1.96. The first-order valence-corrected chi connectivity index (χ1v) is 7.53. The second-order valence-electron chi connectivity index (χ2n) is 4.63. The zero-order valence-corrected chi connectivity index (χ0v) is 11.9. The van der Waals surface area contributed by atoms with Crippen molar-refractivity contribution in [2.45, 2.75) is 17.9 Å². The molecule has 1 fully saturated rings. The molecule has 1 aromatic rings. The standard InChI is InChI=1S/C12H17N3O4S/c1-8-6-9(13)2-3-11(8)20(17,18)15-4-5-19-7-10(15)12(14)16/h2-3,6,10H,4-5,7,13H2,1H3,(H2,14,16). The van der Waals surface area contributed by atoms with E-state index in [-0.39, 0.29) is 24.7 Å². The number of benzene rings is 1. The van der Waals surface area contributed by atoms with E-state index in [2.05, 4.69) is 0 Å². The highest BCUT2D eigenvalue weighted by molar-refractivity contribution is 7.89. The van der Waals surface area contributed by atoms with E-state index in [0.29, 0.717) is 11.3 Å². The first-order chi connectivity index (χ1) is 9.34. The Bertz CT molecular complexity index is 630. The molecule has 0 spiro atoms. The molecule has 1 atom stereocenters. The molecule has 1 aliphatic rings. The van der Waals surface area contributed by atoms with Gasteiger partial charge < -0.3 is 16.2 Å². The Balaban J connectivity index is 2.45. The zero-order chi connectivity index (χ0) is 14.9. The summed E-state index contributed by atoms with van der Waals surface area (Å²) < 4.78 is 31.5. The first kappa shape index (κ1) is 14.8. The van der Waals surface area contributed by atoms with Crippen molar-refractivity contribution in [2.75, 3.05) is 25.5 Å². The molecular formula is C12H17N3O4S. The highest BCUT2D eigenvalue weighted by Crippen LogP contribution is 2.24. The lowest BCUT2D eigenvalue weighted by atomic mass is 10.2. The van der Waals surface area contributed by atoms with Crippen LogP contribution in [-0.4, -0.2) is 44.4 Å². The molecule has 1 unspecified atom stereocenters. The first-order valence-electron chi connectivity index (χ1n) is 6.09. The number of nitrogen functional groups attached to an aromatic ring is 1. The molecule has 2 rings (SSSR count). The molecule has 0 aliphatic carbocycles. The third-order valence-corrected chi connectivity index (χ3v) is 5.26. The van der Waals surface area contributed by atoms with E-state index in [9.17, 15) is 13.2 Å². The molecule has 20 heavy (non-hydrogen) atoms. The Morgan fingerprint density at radius 3 is 2.75 bits per heavy atom. The number of nitrogens with zero attached hydrogens (tertiary/aromatic N) is 1. The maximum atomic E-state index is 12.7. The Hall–Kier alpha value is -1.64. The smallest absolute Gasteiger partial charge is 0.244 e. The van der Waals surface area contributed by atoms with Crippen LogP contribution in [0.4, 0.5) is 5.69 Å². The molecule has 1 aliphatic heterocycles. The summed E-state index contributed by atoms with van der Waals surface area (Å²) >= 11 is 0. The van der Waals surface area contributed by atoms with Gasteiger partial charge in [0, 0.05) is 12.2 Å². The lowest BCUT2D eigenvalue weighted by molar-refractivity contribution is -0.125. The summed E-state index contributed by atoms with van der Waals surface area (Å²) in [4.78, 5) is 11.5. The summed E-state index contributed by atoms with van der Waals surface area (Å²) in [6, 6.07) is 3.55. The number of carbonyl (C=O) groups excluding carboxylic acids is 1. The van der Waals surface area contributed by atoms with Gasteiger partial charge in [-0.15, -0.1) is 0 Å². The summed E-state index contributed by atoms with van der Waals surface area (Å²) in [5.74, 6) is -0.721. The molecular weight excluding hydrogens is 282 g/mol. The average Bonchev–Trinajstić information content (AvgIpc) is 2.38. The van der Waals surface area contributed by atoms with Gasteiger partial charge in [-0.2, -0.15) is 4.31 Å². The Kier molecular flexibility index (Phi) is 3.98. The van der Waals surface area contributed by atoms with E-state index in [1.807, 2.05) is 0 Å². The molecule has 0 bridgehead atoms. The number of rotatable bonds is 3. The summed E-state index contributed by atoms with van der Waals surface area (Å²) in [6.07, 6.45) is 0. The van der Waals surface area contributed by atoms with Crippen LogP contribution in [0.5, 0.6) is 0 Å². The molecule has 0 saturated carbocycles. The minimum Gasteiger partial charge on any atom is -0.399 e. The van der Waals surface area contributed by atoms with Gasteiger partial charge in [0.25, 0.3) is 0 Å². The van der Waals surface area contributed by atoms with Crippen molar-refractivity contribution in [1.29, 1.82) is 0 Å². The molecule has 1 amide bonds. The Labute approximate surface area is 117 Å². The maximum absolute atomic E-state index is 12.7. The Morgan fingerprint density at radius 2 is 2.15 bits per heavy atom. The minimum atomic E-state index is -3.81. The molecule has 110 valence electrons. The van der Waals surface area contributed by atoms with Crippen LogP contribution >= 0.6 is 0 Å². The SMILES string of the molecule is Cc1cc(N)ccc1S(=O)(=O)N1CCOCC1C(N)=O. The number of aryl methyl sites for hydroxylation is 1. The fourth-order valence-electron chi connectivity index (χ4n) is 2.19. The molecule has 0 radical (unpaired) electrons. The number of sulfonamides is 1. The normalized spacial score (nSPS) is 20.8. The van der Waals surface area contributed by atoms with Crippen LogP contribution < -0.4 is 11.5 Å². The molecule has 0 aromatic heterocycles. The number of carbonyl (C=O) groups is 1. The van der Waals surface area contributed by atoms with Gasteiger partial charge in [-0.25, -0.2) is 8.42 Å². The average molecular weight is 299 g/mol. The van der Waals surface area contributed by atoms with Gasteiger partial charge in [0.15, 0.2) is 0 Å². The van der Waals surface area contributed by atoms with Crippen LogP contribution in [0.15, 0.2) is 23.1 Å². The van der Waals surface area contributed by atoms with Gasteiger partial charge in [0.05, 0.1) is 18.1 Å². The van der Waals surface area contributed by atoms with Crippen molar-refractivity contribution in [3.05, 3.63) is 23.8 Å². The van der Waals surface area contributed by atoms with Crippen molar-refractivity contribution in [3.8, 4) is 0 Å². The monoisotopic (exact) mass is 299 g/mol. The number of amides is 1. The fourth-order valence-corrected chi connectivity index (χ4v) is 3.96. The number of primary amides is 1. The molecule has 7 nitrogen and oxygen atoms in total. The van der Waals surface area contributed by atoms with Gasteiger partial charge in [-0.3, -0.25) is 4.79 Å². The highest BCUT2D eigenvalue weighted by atomic mass is 32.2. The topological polar surface area (TPSA) is 116 Å². The predicted molar refractivity (Wildman–Crippen MR) is 73.3 cm³/mol. The van der Waals surface area contributed by atoms with Crippen LogP contribution in [0.1, 0.15) is 5.56 Å². The molecule has 4 N–H and O–H groups in total. The lowest BCUT2D eigenvalue weighted by Gasteiger charge is -2.32. The fraction of sp³-hybridized carbons (Fsp3) is 0.417. The molecule has 1 heterocycles. The minimum absolute atomic E-state index is 0.0252. The summed E-state index contributed by atoms with van der Waals surface area (Å²) in [5.41, 5.74) is 11.9. The van der Waals surface area contributed by atoms with Crippen molar-refractivity contribution < 1.29 is 17.9 Å².